The molecule has 1 fully saturated rings. The van der Waals surface area contributed by atoms with Crippen LogP contribution in [0.1, 0.15) is 12.5 Å². The van der Waals surface area contributed by atoms with Crippen molar-refractivity contribution in [1.29, 1.82) is 0 Å². The molecule has 0 atom stereocenters. The van der Waals surface area contributed by atoms with E-state index < -0.39 is 0 Å². The van der Waals surface area contributed by atoms with E-state index in [9.17, 15) is 0 Å². The van der Waals surface area contributed by atoms with Crippen LogP contribution in [0, 0.1) is 6.92 Å². The zero-order valence-corrected chi connectivity index (χ0v) is 14.2. The summed E-state index contributed by atoms with van der Waals surface area (Å²) in [6.45, 7) is 9.17. The third-order valence-corrected chi connectivity index (χ3v) is 4.59. The summed E-state index contributed by atoms with van der Waals surface area (Å²) < 4.78 is 0. The van der Waals surface area contributed by atoms with Crippen molar-refractivity contribution in [3.05, 3.63) is 35.0 Å². The van der Waals surface area contributed by atoms with Crippen molar-refractivity contribution in [2.45, 2.75) is 13.8 Å². The fraction of sp³-hybridized carbons (Fsp3) is 0.438. The highest BCUT2D eigenvalue weighted by atomic mass is 35.5. The van der Waals surface area contributed by atoms with Gasteiger partial charge in [-0.25, -0.2) is 0 Å². The van der Waals surface area contributed by atoms with E-state index in [1.807, 2.05) is 25.1 Å². The number of benzene rings is 1. The third-order valence-electron chi connectivity index (χ3n) is 4.18. The molecule has 3 rings (SSSR count). The second-order valence-electron chi connectivity index (χ2n) is 5.60. The van der Waals surface area contributed by atoms with Crippen molar-refractivity contribution in [1.82, 2.24) is 20.1 Å². The van der Waals surface area contributed by atoms with Crippen molar-refractivity contribution in [2.24, 2.45) is 0 Å². The zero-order valence-electron chi connectivity index (χ0n) is 13.5. The van der Waals surface area contributed by atoms with Gasteiger partial charge in [-0.2, -0.15) is 10.1 Å². The molecule has 0 saturated carbocycles. The molecule has 122 valence electrons. The van der Waals surface area contributed by atoms with E-state index in [4.69, 9.17) is 11.6 Å². The molecule has 1 aliphatic heterocycles. The highest BCUT2D eigenvalue weighted by Crippen LogP contribution is 2.25. The van der Waals surface area contributed by atoms with Gasteiger partial charge in [-0.05, 0) is 31.2 Å². The number of aromatic nitrogens is 3. The van der Waals surface area contributed by atoms with Gasteiger partial charge in [0.15, 0.2) is 5.82 Å². The standard InChI is InChI=1S/C16H21ClN6/c1-3-22-7-9-23(10-8-22)16-20-15(11-18-21-16)19-14-6-4-5-13(17)12(14)2/h4-6,11H,3,7-10H2,1-2H3,(H,19,20,21). The van der Waals surface area contributed by atoms with Crippen LogP contribution in [0.2, 0.25) is 5.02 Å². The molecule has 0 bridgehead atoms. The lowest BCUT2D eigenvalue weighted by Crippen LogP contribution is -2.46. The molecule has 2 aromatic rings. The first-order valence-electron chi connectivity index (χ1n) is 7.86. The van der Waals surface area contributed by atoms with E-state index >= 15 is 0 Å². The Morgan fingerprint density at radius 3 is 2.74 bits per heavy atom. The SMILES string of the molecule is CCN1CCN(c2nncc(Nc3cccc(Cl)c3C)n2)CC1. The van der Waals surface area contributed by atoms with Crippen LogP contribution in [-0.4, -0.2) is 52.8 Å². The molecule has 0 radical (unpaired) electrons. The number of hydrogen-bond acceptors (Lipinski definition) is 6. The zero-order chi connectivity index (χ0) is 16.2. The van der Waals surface area contributed by atoms with Crippen LogP contribution < -0.4 is 10.2 Å². The number of rotatable bonds is 4. The topological polar surface area (TPSA) is 57.2 Å². The fourth-order valence-corrected chi connectivity index (χ4v) is 2.81. The Hall–Kier alpha value is -1.92. The Kier molecular flexibility index (Phi) is 4.93. The molecular formula is C16H21ClN6. The summed E-state index contributed by atoms with van der Waals surface area (Å²) >= 11 is 6.16. The minimum Gasteiger partial charge on any atom is -0.339 e. The summed E-state index contributed by atoms with van der Waals surface area (Å²) in [7, 11) is 0. The normalized spacial score (nSPS) is 15.7. The molecule has 7 heteroatoms. The van der Waals surface area contributed by atoms with Gasteiger partial charge in [0.1, 0.15) is 0 Å². The lowest BCUT2D eigenvalue weighted by molar-refractivity contribution is 0.269. The van der Waals surface area contributed by atoms with Crippen molar-refractivity contribution >= 4 is 29.1 Å². The number of anilines is 3. The lowest BCUT2D eigenvalue weighted by atomic mass is 10.2. The van der Waals surface area contributed by atoms with Gasteiger partial charge in [0.05, 0.1) is 6.20 Å². The quantitative estimate of drug-likeness (QED) is 0.929. The minimum atomic E-state index is 0.672. The van der Waals surface area contributed by atoms with E-state index in [0.717, 1.165) is 49.0 Å². The Morgan fingerprint density at radius 2 is 2.00 bits per heavy atom. The molecular weight excluding hydrogens is 312 g/mol. The highest BCUT2D eigenvalue weighted by molar-refractivity contribution is 6.31. The van der Waals surface area contributed by atoms with Gasteiger partial charge in [-0.3, -0.25) is 0 Å². The largest absolute Gasteiger partial charge is 0.339 e. The molecule has 1 aromatic heterocycles. The van der Waals surface area contributed by atoms with Crippen LogP contribution >= 0.6 is 11.6 Å². The van der Waals surface area contributed by atoms with Crippen LogP contribution in [0.15, 0.2) is 24.4 Å². The fourth-order valence-electron chi connectivity index (χ4n) is 2.63. The number of nitrogens with one attached hydrogen (secondary N) is 1. The third kappa shape index (κ3) is 3.71. The smallest absolute Gasteiger partial charge is 0.247 e. The maximum Gasteiger partial charge on any atom is 0.247 e. The summed E-state index contributed by atoms with van der Waals surface area (Å²) in [6, 6.07) is 5.76. The van der Waals surface area contributed by atoms with Crippen molar-refractivity contribution in [3.63, 3.8) is 0 Å². The van der Waals surface area contributed by atoms with Crippen molar-refractivity contribution in [3.8, 4) is 0 Å². The summed E-state index contributed by atoms with van der Waals surface area (Å²) in [5.74, 6) is 1.35. The van der Waals surface area contributed by atoms with Gasteiger partial charge < -0.3 is 15.1 Å². The monoisotopic (exact) mass is 332 g/mol. The van der Waals surface area contributed by atoms with Gasteiger partial charge in [-0.1, -0.05) is 24.6 Å². The molecule has 1 aliphatic rings. The van der Waals surface area contributed by atoms with Crippen molar-refractivity contribution in [2.75, 3.05) is 42.9 Å². The molecule has 6 nitrogen and oxygen atoms in total. The van der Waals surface area contributed by atoms with Gasteiger partial charge in [0.25, 0.3) is 0 Å². The van der Waals surface area contributed by atoms with E-state index in [2.05, 4.69) is 37.2 Å². The van der Waals surface area contributed by atoms with E-state index in [0.29, 0.717) is 11.8 Å². The number of piperazine rings is 1. The van der Waals surface area contributed by atoms with Gasteiger partial charge in [-0.15, -0.1) is 5.10 Å². The van der Waals surface area contributed by atoms with Crippen LogP contribution in [0.25, 0.3) is 0 Å². The molecule has 0 unspecified atom stereocenters. The van der Waals surface area contributed by atoms with Gasteiger partial charge >= 0.3 is 0 Å². The molecule has 23 heavy (non-hydrogen) atoms. The Bertz CT molecular complexity index is 669. The second kappa shape index (κ2) is 7.10. The van der Waals surface area contributed by atoms with Crippen molar-refractivity contribution < 1.29 is 0 Å². The first kappa shape index (κ1) is 16.0. The average molecular weight is 333 g/mol. The van der Waals surface area contributed by atoms with Crippen LogP contribution in [0.3, 0.4) is 0 Å². The number of nitrogens with zero attached hydrogens (tertiary/aromatic N) is 5. The first-order chi connectivity index (χ1) is 11.2. The van der Waals surface area contributed by atoms with E-state index in [1.54, 1.807) is 6.20 Å². The summed E-state index contributed by atoms with van der Waals surface area (Å²) in [6.07, 6.45) is 1.63. The van der Waals surface area contributed by atoms with Gasteiger partial charge in [0.2, 0.25) is 5.95 Å². The maximum atomic E-state index is 6.16. The average Bonchev–Trinajstić information content (AvgIpc) is 2.59. The molecule has 0 amide bonds. The van der Waals surface area contributed by atoms with E-state index in [-0.39, 0.29) is 0 Å². The molecule has 0 aliphatic carbocycles. The summed E-state index contributed by atoms with van der Waals surface area (Å²) in [4.78, 5) is 9.19. The summed E-state index contributed by atoms with van der Waals surface area (Å²) in [5, 5.41) is 12.3. The predicted molar refractivity (Wildman–Crippen MR) is 93.6 cm³/mol. The maximum absolute atomic E-state index is 6.16. The molecule has 0 spiro atoms. The number of likely N-dealkylation sites (N-methyl/N-ethyl adjacent to an activating group) is 1. The molecule has 1 saturated heterocycles. The second-order valence-corrected chi connectivity index (χ2v) is 6.01. The molecule has 2 heterocycles. The van der Waals surface area contributed by atoms with Gasteiger partial charge in [0, 0.05) is 36.9 Å². The first-order valence-corrected chi connectivity index (χ1v) is 8.24. The van der Waals surface area contributed by atoms with Crippen LogP contribution in [0.5, 0.6) is 0 Å². The number of halogens is 1. The predicted octanol–water partition coefficient (Wildman–Crippen LogP) is 2.72. The molecule has 1 aromatic carbocycles. The van der Waals surface area contributed by atoms with Crippen LogP contribution in [-0.2, 0) is 0 Å². The van der Waals surface area contributed by atoms with E-state index in [1.165, 1.54) is 0 Å². The minimum absolute atomic E-state index is 0.672. The highest BCUT2D eigenvalue weighted by Gasteiger charge is 2.18. The lowest BCUT2D eigenvalue weighted by Gasteiger charge is -2.33. The van der Waals surface area contributed by atoms with Crippen LogP contribution in [0.4, 0.5) is 17.5 Å². The Balaban J connectivity index is 1.74. The Morgan fingerprint density at radius 1 is 1.22 bits per heavy atom. The summed E-state index contributed by atoms with van der Waals surface area (Å²) in [5.41, 5.74) is 1.92. The Labute approximate surface area is 141 Å². The molecule has 1 N–H and O–H groups in total. The number of hydrogen-bond donors (Lipinski definition) is 1.